The van der Waals surface area contributed by atoms with E-state index in [4.69, 9.17) is 0 Å². The van der Waals surface area contributed by atoms with Crippen molar-refractivity contribution in [3.8, 4) is 0 Å². The normalized spacial score (nSPS) is 20.8. The molecule has 2 N–H and O–H groups in total. The van der Waals surface area contributed by atoms with Crippen molar-refractivity contribution < 1.29 is 18.7 Å². The number of carbonyl (C=O) groups is 1. The molecule has 3 nitrogen and oxygen atoms in total. The van der Waals surface area contributed by atoms with Gasteiger partial charge >= 0.3 is 0 Å². The average Bonchev–Trinajstić information content (AvgIpc) is 3.34. The lowest BCUT2D eigenvalue weighted by molar-refractivity contribution is -0.122. The molecule has 1 fully saturated rings. The Morgan fingerprint density at radius 2 is 1.91 bits per heavy atom. The molecule has 0 aliphatic heterocycles. The fourth-order valence-corrected chi connectivity index (χ4v) is 2.72. The highest BCUT2D eigenvalue weighted by Gasteiger charge is 2.43. The molecule has 0 spiro atoms. The third kappa shape index (κ3) is 3.74. The Kier molecular flexibility index (Phi) is 4.39. The van der Waals surface area contributed by atoms with Crippen LogP contribution in [0.3, 0.4) is 0 Å². The SMILES string of the molecule is O=C(NCC(O)c1ccc(F)cc1)C1CC1c1cccc(F)c1. The van der Waals surface area contributed by atoms with Crippen molar-refractivity contribution >= 4 is 5.91 Å². The Labute approximate surface area is 133 Å². The van der Waals surface area contributed by atoms with Crippen molar-refractivity contribution in [3.63, 3.8) is 0 Å². The van der Waals surface area contributed by atoms with Crippen molar-refractivity contribution in [1.29, 1.82) is 0 Å². The molecule has 3 unspecified atom stereocenters. The van der Waals surface area contributed by atoms with Crippen LogP contribution in [-0.2, 0) is 4.79 Å². The molecule has 0 saturated heterocycles. The van der Waals surface area contributed by atoms with E-state index >= 15 is 0 Å². The van der Waals surface area contributed by atoms with E-state index in [-0.39, 0.29) is 35.9 Å². The monoisotopic (exact) mass is 317 g/mol. The molecule has 1 aliphatic carbocycles. The lowest BCUT2D eigenvalue weighted by Crippen LogP contribution is -2.30. The smallest absolute Gasteiger partial charge is 0.223 e. The van der Waals surface area contributed by atoms with E-state index in [1.54, 1.807) is 6.07 Å². The second kappa shape index (κ2) is 6.46. The van der Waals surface area contributed by atoms with Crippen LogP contribution >= 0.6 is 0 Å². The molecule has 2 aromatic carbocycles. The molecular weight excluding hydrogens is 300 g/mol. The lowest BCUT2D eigenvalue weighted by atomic mass is 10.1. The van der Waals surface area contributed by atoms with Crippen LogP contribution in [0.5, 0.6) is 0 Å². The summed E-state index contributed by atoms with van der Waals surface area (Å²) in [6.45, 7) is 0.0663. The van der Waals surface area contributed by atoms with Crippen molar-refractivity contribution in [2.45, 2.75) is 18.4 Å². The molecule has 0 bridgehead atoms. The number of aliphatic hydroxyl groups excluding tert-OH is 1. The first-order valence-electron chi connectivity index (χ1n) is 7.51. The summed E-state index contributed by atoms with van der Waals surface area (Å²) in [6.07, 6.45) is -0.201. The largest absolute Gasteiger partial charge is 0.387 e. The Morgan fingerprint density at radius 1 is 1.17 bits per heavy atom. The Morgan fingerprint density at radius 3 is 2.61 bits per heavy atom. The Bertz CT molecular complexity index is 702. The van der Waals surface area contributed by atoms with Crippen LogP contribution in [0.1, 0.15) is 29.6 Å². The van der Waals surface area contributed by atoms with Crippen molar-refractivity contribution in [2.24, 2.45) is 5.92 Å². The van der Waals surface area contributed by atoms with Gasteiger partial charge in [0.25, 0.3) is 0 Å². The molecule has 2 aromatic rings. The second-order valence-electron chi connectivity index (χ2n) is 5.82. The van der Waals surface area contributed by atoms with Crippen LogP contribution < -0.4 is 5.32 Å². The van der Waals surface area contributed by atoms with Gasteiger partial charge in [-0.15, -0.1) is 0 Å². The van der Waals surface area contributed by atoms with E-state index < -0.39 is 6.10 Å². The summed E-state index contributed by atoms with van der Waals surface area (Å²) in [5.41, 5.74) is 1.37. The molecule has 23 heavy (non-hydrogen) atoms. The van der Waals surface area contributed by atoms with Crippen LogP contribution in [0.15, 0.2) is 48.5 Å². The quantitative estimate of drug-likeness (QED) is 0.891. The molecule has 0 heterocycles. The van der Waals surface area contributed by atoms with Gasteiger partial charge in [-0.25, -0.2) is 8.78 Å². The molecule has 3 atom stereocenters. The first-order valence-corrected chi connectivity index (χ1v) is 7.51. The Hall–Kier alpha value is -2.27. The molecule has 5 heteroatoms. The van der Waals surface area contributed by atoms with Crippen molar-refractivity contribution in [2.75, 3.05) is 6.54 Å². The van der Waals surface area contributed by atoms with Gasteiger partial charge in [0.05, 0.1) is 6.10 Å². The topological polar surface area (TPSA) is 49.3 Å². The standard InChI is InChI=1S/C18H17F2NO2/c19-13-6-4-11(5-7-13)17(22)10-21-18(23)16-9-15(16)12-2-1-3-14(20)8-12/h1-8,15-17,22H,9-10H2,(H,21,23). The van der Waals surface area contributed by atoms with Crippen molar-refractivity contribution in [3.05, 3.63) is 71.3 Å². The first kappa shape index (κ1) is 15.6. The molecule has 1 aliphatic rings. The fourth-order valence-electron chi connectivity index (χ4n) is 2.72. The first-order chi connectivity index (χ1) is 11.0. The Balaban J connectivity index is 1.52. The third-order valence-electron chi connectivity index (χ3n) is 4.13. The number of rotatable bonds is 5. The van der Waals surface area contributed by atoms with Crippen LogP contribution in [0.2, 0.25) is 0 Å². The highest BCUT2D eigenvalue weighted by Crippen LogP contribution is 2.47. The number of halogens is 2. The van der Waals surface area contributed by atoms with E-state index in [1.165, 1.54) is 36.4 Å². The van der Waals surface area contributed by atoms with Gasteiger partial charge in [0.1, 0.15) is 11.6 Å². The number of amides is 1. The number of hydrogen-bond acceptors (Lipinski definition) is 2. The van der Waals surface area contributed by atoms with Gasteiger partial charge < -0.3 is 10.4 Å². The van der Waals surface area contributed by atoms with Gasteiger partial charge in [-0.2, -0.15) is 0 Å². The zero-order valence-corrected chi connectivity index (χ0v) is 12.4. The fraction of sp³-hybridized carbons (Fsp3) is 0.278. The lowest BCUT2D eigenvalue weighted by Gasteiger charge is -2.12. The third-order valence-corrected chi connectivity index (χ3v) is 4.13. The summed E-state index contributed by atoms with van der Waals surface area (Å²) >= 11 is 0. The van der Waals surface area contributed by atoms with Gasteiger partial charge in [-0.3, -0.25) is 4.79 Å². The predicted molar refractivity (Wildman–Crippen MR) is 81.6 cm³/mol. The molecular formula is C18H17F2NO2. The maximum atomic E-state index is 13.2. The number of aliphatic hydroxyl groups is 1. The van der Waals surface area contributed by atoms with E-state index in [2.05, 4.69) is 5.32 Å². The molecule has 0 aromatic heterocycles. The molecule has 3 rings (SSSR count). The maximum absolute atomic E-state index is 13.2. The maximum Gasteiger partial charge on any atom is 0.223 e. The zero-order chi connectivity index (χ0) is 16.4. The van der Waals surface area contributed by atoms with E-state index in [0.717, 1.165) is 5.56 Å². The van der Waals surface area contributed by atoms with Crippen LogP contribution in [0.4, 0.5) is 8.78 Å². The second-order valence-corrected chi connectivity index (χ2v) is 5.82. The minimum absolute atomic E-state index is 0.0358. The minimum Gasteiger partial charge on any atom is -0.387 e. The zero-order valence-electron chi connectivity index (χ0n) is 12.4. The summed E-state index contributed by atoms with van der Waals surface area (Å²) in [5, 5.41) is 12.7. The predicted octanol–water partition coefficient (Wildman–Crippen LogP) is 2.92. The average molecular weight is 317 g/mol. The summed E-state index contributed by atoms with van der Waals surface area (Å²) < 4.78 is 26.0. The van der Waals surface area contributed by atoms with E-state index in [1.807, 2.05) is 6.07 Å². The van der Waals surface area contributed by atoms with Crippen LogP contribution in [0, 0.1) is 17.6 Å². The van der Waals surface area contributed by atoms with Crippen LogP contribution in [-0.4, -0.2) is 17.6 Å². The van der Waals surface area contributed by atoms with Crippen LogP contribution in [0.25, 0.3) is 0 Å². The summed E-state index contributed by atoms with van der Waals surface area (Å²) in [6, 6.07) is 11.8. The molecule has 0 radical (unpaired) electrons. The minimum atomic E-state index is -0.883. The summed E-state index contributed by atoms with van der Waals surface area (Å²) in [7, 11) is 0. The molecule has 120 valence electrons. The number of carbonyl (C=O) groups excluding carboxylic acids is 1. The van der Waals surface area contributed by atoms with Gasteiger partial charge in [0.2, 0.25) is 5.91 Å². The number of hydrogen-bond donors (Lipinski definition) is 2. The van der Waals surface area contributed by atoms with Gasteiger partial charge in [-0.1, -0.05) is 24.3 Å². The number of benzene rings is 2. The van der Waals surface area contributed by atoms with E-state index in [0.29, 0.717) is 12.0 Å². The summed E-state index contributed by atoms with van der Waals surface area (Å²) in [4.78, 5) is 12.1. The summed E-state index contributed by atoms with van der Waals surface area (Å²) in [5.74, 6) is -0.979. The highest BCUT2D eigenvalue weighted by atomic mass is 19.1. The van der Waals surface area contributed by atoms with Gasteiger partial charge in [0, 0.05) is 12.5 Å². The molecule has 1 amide bonds. The van der Waals surface area contributed by atoms with Crippen molar-refractivity contribution in [1.82, 2.24) is 5.32 Å². The van der Waals surface area contributed by atoms with E-state index in [9.17, 15) is 18.7 Å². The van der Waals surface area contributed by atoms with Gasteiger partial charge in [-0.05, 0) is 47.7 Å². The van der Waals surface area contributed by atoms with Gasteiger partial charge in [0.15, 0.2) is 0 Å². The highest BCUT2D eigenvalue weighted by molar-refractivity contribution is 5.82. The number of nitrogens with one attached hydrogen (secondary N) is 1. The molecule has 1 saturated carbocycles.